The number of nitrogens with one attached hydrogen (secondary N) is 1. The number of benzene rings is 1. The number of hydrogen-bond acceptors (Lipinski definition) is 2. The lowest BCUT2D eigenvalue weighted by Gasteiger charge is -2.18. The number of rotatable bonds is 9. The van der Waals surface area contributed by atoms with E-state index in [0.29, 0.717) is 6.04 Å². The van der Waals surface area contributed by atoms with Gasteiger partial charge in [0.2, 0.25) is 0 Å². The van der Waals surface area contributed by atoms with Crippen molar-refractivity contribution in [1.82, 2.24) is 15.1 Å². The van der Waals surface area contributed by atoms with Gasteiger partial charge in [-0.2, -0.15) is 5.10 Å². The number of unbranched alkanes of at least 4 members (excludes halogenated alkanes) is 4. The van der Waals surface area contributed by atoms with Gasteiger partial charge in [-0.05, 0) is 31.7 Å². The Morgan fingerprint density at radius 1 is 1.05 bits per heavy atom. The zero-order chi connectivity index (χ0) is 14.9. The molecule has 1 N–H and O–H groups in total. The first-order valence-corrected chi connectivity index (χ1v) is 8.13. The molecule has 1 aromatic heterocycles. The minimum atomic E-state index is 0.370. The lowest BCUT2D eigenvalue weighted by Crippen LogP contribution is -2.20. The summed E-state index contributed by atoms with van der Waals surface area (Å²) in [6.07, 6.45) is 9.66. The van der Waals surface area contributed by atoms with Crippen molar-refractivity contribution in [3.05, 3.63) is 48.3 Å². The monoisotopic (exact) mass is 285 g/mol. The first kappa shape index (κ1) is 15.8. The van der Waals surface area contributed by atoms with E-state index < -0.39 is 0 Å². The summed E-state index contributed by atoms with van der Waals surface area (Å²) in [5, 5.41) is 7.93. The topological polar surface area (TPSA) is 29.9 Å². The Morgan fingerprint density at radius 2 is 1.81 bits per heavy atom. The van der Waals surface area contributed by atoms with E-state index in [1.54, 1.807) is 0 Å². The Morgan fingerprint density at radius 3 is 2.52 bits per heavy atom. The molecule has 2 aromatic rings. The lowest BCUT2D eigenvalue weighted by atomic mass is 10.0. The van der Waals surface area contributed by atoms with Crippen LogP contribution in [0.3, 0.4) is 0 Å². The van der Waals surface area contributed by atoms with Gasteiger partial charge in [-0.25, -0.2) is 4.68 Å². The van der Waals surface area contributed by atoms with E-state index in [2.05, 4.69) is 47.7 Å². The Balaban J connectivity index is 2.01. The summed E-state index contributed by atoms with van der Waals surface area (Å²) >= 11 is 0. The molecule has 21 heavy (non-hydrogen) atoms. The molecule has 3 heteroatoms. The van der Waals surface area contributed by atoms with Crippen LogP contribution in [-0.4, -0.2) is 16.8 Å². The zero-order valence-corrected chi connectivity index (χ0v) is 13.3. The summed E-state index contributed by atoms with van der Waals surface area (Å²) < 4.78 is 2.05. The van der Waals surface area contributed by atoms with E-state index in [1.165, 1.54) is 44.2 Å². The van der Waals surface area contributed by atoms with Gasteiger partial charge in [-0.3, -0.25) is 0 Å². The highest BCUT2D eigenvalue weighted by Gasteiger charge is 2.14. The molecule has 0 bridgehead atoms. The fourth-order valence-corrected chi connectivity index (χ4v) is 2.75. The van der Waals surface area contributed by atoms with E-state index >= 15 is 0 Å². The van der Waals surface area contributed by atoms with Crippen molar-refractivity contribution >= 4 is 0 Å². The average molecular weight is 285 g/mol. The van der Waals surface area contributed by atoms with Crippen molar-refractivity contribution in [3.8, 4) is 5.69 Å². The number of nitrogens with zero attached hydrogens (tertiary/aromatic N) is 2. The Kier molecular flexibility index (Phi) is 6.48. The molecule has 0 aliphatic carbocycles. The van der Waals surface area contributed by atoms with Crippen LogP contribution in [0.4, 0.5) is 0 Å². The minimum Gasteiger partial charge on any atom is -0.312 e. The quantitative estimate of drug-likeness (QED) is 0.688. The molecule has 0 saturated heterocycles. The van der Waals surface area contributed by atoms with Gasteiger partial charge in [0.05, 0.1) is 11.4 Å². The molecule has 114 valence electrons. The summed E-state index contributed by atoms with van der Waals surface area (Å²) in [6.45, 7) is 2.26. The molecular weight excluding hydrogens is 258 g/mol. The number of hydrogen-bond donors (Lipinski definition) is 1. The van der Waals surface area contributed by atoms with Crippen molar-refractivity contribution in [2.24, 2.45) is 0 Å². The van der Waals surface area contributed by atoms with Crippen LogP contribution >= 0.6 is 0 Å². The molecule has 0 fully saturated rings. The van der Waals surface area contributed by atoms with Crippen LogP contribution in [0.5, 0.6) is 0 Å². The van der Waals surface area contributed by atoms with Crippen molar-refractivity contribution < 1.29 is 0 Å². The van der Waals surface area contributed by atoms with E-state index in [-0.39, 0.29) is 0 Å². The van der Waals surface area contributed by atoms with Gasteiger partial charge < -0.3 is 5.32 Å². The van der Waals surface area contributed by atoms with Crippen molar-refractivity contribution in [3.63, 3.8) is 0 Å². The second-order valence-electron chi connectivity index (χ2n) is 5.55. The van der Waals surface area contributed by atoms with E-state index in [9.17, 15) is 0 Å². The molecule has 0 spiro atoms. The molecule has 3 nitrogen and oxygen atoms in total. The van der Waals surface area contributed by atoms with Gasteiger partial charge in [0.25, 0.3) is 0 Å². The molecule has 0 aliphatic rings. The molecule has 1 atom stereocenters. The van der Waals surface area contributed by atoms with Crippen molar-refractivity contribution in [1.29, 1.82) is 0 Å². The summed E-state index contributed by atoms with van der Waals surface area (Å²) in [4.78, 5) is 0. The van der Waals surface area contributed by atoms with Crippen molar-refractivity contribution in [2.45, 2.75) is 51.5 Å². The van der Waals surface area contributed by atoms with Crippen LogP contribution in [0, 0.1) is 0 Å². The highest BCUT2D eigenvalue weighted by atomic mass is 15.3. The molecule has 0 saturated carbocycles. The molecule has 0 aliphatic heterocycles. The van der Waals surface area contributed by atoms with Crippen LogP contribution in [0.15, 0.2) is 42.6 Å². The van der Waals surface area contributed by atoms with Crippen LogP contribution in [0.25, 0.3) is 5.69 Å². The Hall–Kier alpha value is -1.61. The van der Waals surface area contributed by atoms with E-state index in [1.807, 2.05) is 24.0 Å². The lowest BCUT2D eigenvalue weighted by molar-refractivity contribution is 0.482. The first-order chi connectivity index (χ1) is 10.4. The third-order valence-corrected chi connectivity index (χ3v) is 3.97. The van der Waals surface area contributed by atoms with Crippen molar-refractivity contribution in [2.75, 3.05) is 7.05 Å². The fourth-order valence-electron chi connectivity index (χ4n) is 2.75. The summed E-state index contributed by atoms with van der Waals surface area (Å²) in [5.74, 6) is 0. The third kappa shape index (κ3) is 4.43. The molecule has 1 unspecified atom stereocenters. The molecule has 2 rings (SSSR count). The van der Waals surface area contributed by atoms with Crippen LogP contribution in [0.2, 0.25) is 0 Å². The largest absolute Gasteiger partial charge is 0.312 e. The highest BCUT2D eigenvalue weighted by molar-refractivity contribution is 5.33. The Labute approximate surface area is 128 Å². The van der Waals surface area contributed by atoms with Gasteiger partial charge in [-0.15, -0.1) is 0 Å². The fraction of sp³-hybridized carbons (Fsp3) is 0.500. The van der Waals surface area contributed by atoms with E-state index in [0.717, 1.165) is 5.69 Å². The second kappa shape index (κ2) is 8.63. The highest BCUT2D eigenvalue weighted by Crippen LogP contribution is 2.22. The maximum atomic E-state index is 4.49. The van der Waals surface area contributed by atoms with E-state index in [4.69, 9.17) is 0 Å². The maximum absolute atomic E-state index is 4.49. The van der Waals surface area contributed by atoms with Gasteiger partial charge in [0.15, 0.2) is 0 Å². The van der Waals surface area contributed by atoms with Gasteiger partial charge in [0, 0.05) is 12.2 Å². The van der Waals surface area contributed by atoms with Gasteiger partial charge in [0.1, 0.15) is 0 Å². The van der Waals surface area contributed by atoms with Crippen LogP contribution in [0.1, 0.15) is 57.2 Å². The number of para-hydroxylation sites is 1. The molecule has 1 heterocycles. The molecule has 1 aromatic carbocycles. The molecule has 0 radical (unpaired) electrons. The normalized spacial score (nSPS) is 12.5. The Bertz CT molecular complexity index is 504. The third-order valence-electron chi connectivity index (χ3n) is 3.97. The van der Waals surface area contributed by atoms with Crippen LogP contribution < -0.4 is 5.32 Å². The van der Waals surface area contributed by atoms with Gasteiger partial charge >= 0.3 is 0 Å². The zero-order valence-electron chi connectivity index (χ0n) is 13.3. The summed E-state index contributed by atoms with van der Waals surface area (Å²) in [7, 11) is 2.04. The first-order valence-electron chi connectivity index (χ1n) is 8.13. The summed E-state index contributed by atoms with van der Waals surface area (Å²) in [6, 6.07) is 12.8. The standard InChI is InChI=1S/C18H27N3/c1-3-4-5-6-10-13-17(19-2)18-14-15-20-21(18)16-11-8-7-9-12-16/h7-9,11-12,14-15,17,19H,3-6,10,13H2,1-2H3. The summed E-state index contributed by atoms with van der Waals surface area (Å²) in [5.41, 5.74) is 2.38. The smallest absolute Gasteiger partial charge is 0.0649 e. The predicted octanol–water partition coefficient (Wildman–Crippen LogP) is 4.49. The maximum Gasteiger partial charge on any atom is 0.0649 e. The SMILES string of the molecule is CCCCCCCC(NC)c1ccnn1-c1ccccc1. The predicted molar refractivity (Wildman–Crippen MR) is 88.7 cm³/mol. The molecular formula is C18H27N3. The molecule has 0 amide bonds. The average Bonchev–Trinajstić information content (AvgIpc) is 3.01. The minimum absolute atomic E-state index is 0.370. The number of aromatic nitrogens is 2. The van der Waals surface area contributed by atoms with Crippen LogP contribution in [-0.2, 0) is 0 Å². The van der Waals surface area contributed by atoms with Gasteiger partial charge in [-0.1, -0.05) is 57.2 Å². The second-order valence-corrected chi connectivity index (χ2v) is 5.55.